The molecule has 0 aromatic heterocycles. The molecule has 0 bridgehead atoms. The number of Topliss-reactive ketones (excluding diaryl/α,β-unsaturated/α-hetero) is 1. The first kappa shape index (κ1) is 10.7. The summed E-state index contributed by atoms with van der Waals surface area (Å²) in [5, 5.41) is 0.595. The number of benzene rings is 1. The van der Waals surface area contributed by atoms with Crippen molar-refractivity contribution in [3.8, 4) is 0 Å². The van der Waals surface area contributed by atoms with Gasteiger partial charge < -0.3 is 4.74 Å². The number of carbonyl (C=O) groups excluding carboxylic acids is 1. The van der Waals surface area contributed by atoms with Crippen LogP contribution in [0.4, 0.5) is 0 Å². The van der Waals surface area contributed by atoms with Crippen molar-refractivity contribution in [1.29, 1.82) is 0 Å². The molecular formula is C12H14O2S. The van der Waals surface area contributed by atoms with Crippen molar-refractivity contribution in [3.05, 3.63) is 29.8 Å². The lowest BCUT2D eigenvalue weighted by atomic mass is 10.1. The lowest BCUT2D eigenvalue weighted by molar-refractivity contribution is 0.0455. The molecule has 3 heteroatoms. The van der Waals surface area contributed by atoms with Crippen LogP contribution >= 0.6 is 11.8 Å². The number of hydrogen-bond acceptors (Lipinski definition) is 3. The van der Waals surface area contributed by atoms with Gasteiger partial charge in [0.05, 0.1) is 18.5 Å². The smallest absolute Gasteiger partial charge is 0.162 e. The zero-order valence-electron chi connectivity index (χ0n) is 8.73. The highest BCUT2D eigenvalue weighted by Gasteiger charge is 2.19. The molecule has 0 atom stereocenters. The average Bonchev–Trinajstić information content (AvgIpc) is 2.23. The highest BCUT2D eigenvalue weighted by Crippen LogP contribution is 2.28. The van der Waals surface area contributed by atoms with Gasteiger partial charge in [-0.05, 0) is 12.1 Å². The normalized spacial score (nSPS) is 16.1. The van der Waals surface area contributed by atoms with Crippen molar-refractivity contribution in [2.24, 2.45) is 0 Å². The van der Waals surface area contributed by atoms with E-state index >= 15 is 0 Å². The number of rotatable bonds is 4. The Morgan fingerprint density at radius 1 is 1.40 bits per heavy atom. The molecule has 1 aliphatic rings. The van der Waals surface area contributed by atoms with E-state index in [4.69, 9.17) is 4.74 Å². The van der Waals surface area contributed by atoms with Gasteiger partial charge in [0, 0.05) is 16.9 Å². The zero-order valence-corrected chi connectivity index (χ0v) is 9.55. The monoisotopic (exact) mass is 222 g/mol. The van der Waals surface area contributed by atoms with E-state index in [0.29, 0.717) is 11.7 Å². The second-order valence-corrected chi connectivity index (χ2v) is 4.95. The number of ketones is 1. The molecule has 0 radical (unpaired) electrons. The molecule has 0 unspecified atom stereocenters. The maximum Gasteiger partial charge on any atom is 0.162 e. The first-order valence-electron chi connectivity index (χ1n) is 5.17. The first-order valence-corrected chi connectivity index (χ1v) is 6.05. The Morgan fingerprint density at radius 2 is 2.07 bits per heavy atom. The largest absolute Gasteiger partial charge is 0.379 e. The summed E-state index contributed by atoms with van der Waals surface area (Å²) < 4.78 is 5.11. The molecule has 1 aliphatic heterocycles. The van der Waals surface area contributed by atoms with E-state index in [2.05, 4.69) is 0 Å². The van der Waals surface area contributed by atoms with Crippen LogP contribution in [0, 0.1) is 0 Å². The molecule has 1 heterocycles. The molecule has 0 N–H and O–H groups in total. The van der Waals surface area contributed by atoms with Gasteiger partial charge in [0.1, 0.15) is 0 Å². The highest BCUT2D eigenvalue weighted by atomic mass is 32.2. The van der Waals surface area contributed by atoms with Gasteiger partial charge >= 0.3 is 0 Å². The molecule has 0 amide bonds. The summed E-state index contributed by atoms with van der Waals surface area (Å²) in [7, 11) is 0. The summed E-state index contributed by atoms with van der Waals surface area (Å²) in [6.07, 6.45) is 0.572. The van der Waals surface area contributed by atoms with E-state index in [9.17, 15) is 4.79 Å². The van der Waals surface area contributed by atoms with Gasteiger partial charge in [-0.15, -0.1) is 11.8 Å². The Morgan fingerprint density at radius 3 is 2.53 bits per heavy atom. The minimum absolute atomic E-state index is 0.207. The van der Waals surface area contributed by atoms with Gasteiger partial charge in [0.25, 0.3) is 0 Å². The van der Waals surface area contributed by atoms with Crippen molar-refractivity contribution < 1.29 is 9.53 Å². The minimum atomic E-state index is 0.207. The van der Waals surface area contributed by atoms with Crippen molar-refractivity contribution in [3.63, 3.8) is 0 Å². The van der Waals surface area contributed by atoms with Crippen LogP contribution in [0.5, 0.6) is 0 Å². The first-order chi connectivity index (χ1) is 7.29. The Labute approximate surface area is 94.0 Å². The third-order valence-electron chi connectivity index (χ3n) is 2.41. The van der Waals surface area contributed by atoms with Crippen LogP contribution in [0.25, 0.3) is 0 Å². The zero-order chi connectivity index (χ0) is 10.7. The van der Waals surface area contributed by atoms with E-state index < -0.39 is 0 Å². The summed E-state index contributed by atoms with van der Waals surface area (Å²) in [6.45, 7) is 3.58. The Hall–Kier alpha value is -0.800. The van der Waals surface area contributed by atoms with Gasteiger partial charge in [-0.3, -0.25) is 4.79 Å². The number of ether oxygens (including phenoxy) is 1. The third kappa shape index (κ3) is 2.61. The molecule has 1 fully saturated rings. The van der Waals surface area contributed by atoms with Gasteiger partial charge in [0.15, 0.2) is 5.78 Å². The Kier molecular flexibility index (Phi) is 3.44. The van der Waals surface area contributed by atoms with Gasteiger partial charge in [-0.25, -0.2) is 0 Å². The minimum Gasteiger partial charge on any atom is -0.379 e. The molecule has 1 aromatic rings. The van der Waals surface area contributed by atoms with E-state index in [1.807, 2.05) is 43.0 Å². The highest BCUT2D eigenvalue weighted by molar-refractivity contribution is 8.00. The molecule has 1 aromatic carbocycles. The fourth-order valence-electron chi connectivity index (χ4n) is 1.40. The Balaban J connectivity index is 1.99. The van der Waals surface area contributed by atoms with E-state index in [-0.39, 0.29) is 5.78 Å². The van der Waals surface area contributed by atoms with E-state index in [0.717, 1.165) is 18.8 Å². The fraction of sp³-hybridized carbons (Fsp3) is 0.417. The van der Waals surface area contributed by atoms with Crippen LogP contribution in [0.15, 0.2) is 29.2 Å². The van der Waals surface area contributed by atoms with E-state index in [1.165, 1.54) is 4.90 Å². The Bertz CT molecular complexity index is 341. The van der Waals surface area contributed by atoms with Crippen LogP contribution in [0.2, 0.25) is 0 Å². The average molecular weight is 222 g/mol. The lowest BCUT2D eigenvalue weighted by Gasteiger charge is -2.25. The van der Waals surface area contributed by atoms with Crippen molar-refractivity contribution in [2.45, 2.75) is 23.5 Å². The van der Waals surface area contributed by atoms with Crippen LogP contribution in [-0.2, 0) is 4.74 Å². The van der Waals surface area contributed by atoms with Gasteiger partial charge in [-0.2, -0.15) is 0 Å². The molecule has 1 saturated heterocycles. The summed E-state index contributed by atoms with van der Waals surface area (Å²) in [5.41, 5.74) is 0.812. The molecule has 0 spiro atoms. The summed E-state index contributed by atoms with van der Waals surface area (Å²) >= 11 is 1.82. The number of hydrogen-bond donors (Lipinski definition) is 0. The fourth-order valence-corrected chi connectivity index (χ4v) is 2.40. The lowest BCUT2D eigenvalue weighted by Crippen LogP contribution is -2.29. The molecule has 15 heavy (non-hydrogen) atoms. The molecule has 0 saturated carbocycles. The molecule has 2 rings (SSSR count). The van der Waals surface area contributed by atoms with Crippen LogP contribution in [0.1, 0.15) is 23.7 Å². The standard InChI is InChI=1S/C12H14O2S/c1-2-12(13)9-3-5-10(6-4-9)15-11-7-14-8-11/h3-6,11H,2,7-8H2,1H3. The van der Waals surface area contributed by atoms with Crippen molar-refractivity contribution in [2.75, 3.05) is 13.2 Å². The van der Waals surface area contributed by atoms with Crippen molar-refractivity contribution >= 4 is 17.5 Å². The topological polar surface area (TPSA) is 26.3 Å². The van der Waals surface area contributed by atoms with Gasteiger partial charge in [0.2, 0.25) is 0 Å². The summed E-state index contributed by atoms with van der Waals surface area (Å²) in [5.74, 6) is 0.207. The predicted molar refractivity (Wildman–Crippen MR) is 61.5 cm³/mol. The maximum atomic E-state index is 11.4. The van der Waals surface area contributed by atoms with Crippen molar-refractivity contribution in [1.82, 2.24) is 0 Å². The van der Waals surface area contributed by atoms with Crippen LogP contribution < -0.4 is 0 Å². The third-order valence-corrected chi connectivity index (χ3v) is 3.56. The molecule has 2 nitrogen and oxygen atoms in total. The maximum absolute atomic E-state index is 11.4. The quantitative estimate of drug-likeness (QED) is 0.733. The second-order valence-electron chi connectivity index (χ2n) is 3.58. The molecule has 80 valence electrons. The summed E-state index contributed by atoms with van der Waals surface area (Å²) in [6, 6.07) is 7.86. The number of thioether (sulfide) groups is 1. The second kappa shape index (κ2) is 4.81. The van der Waals surface area contributed by atoms with E-state index in [1.54, 1.807) is 0 Å². The SMILES string of the molecule is CCC(=O)c1ccc(SC2COC2)cc1. The molecular weight excluding hydrogens is 208 g/mol. The van der Waals surface area contributed by atoms with Crippen LogP contribution in [0.3, 0.4) is 0 Å². The predicted octanol–water partition coefficient (Wildman–Crippen LogP) is 2.77. The summed E-state index contributed by atoms with van der Waals surface area (Å²) in [4.78, 5) is 12.6. The number of carbonyl (C=O) groups is 1. The van der Waals surface area contributed by atoms with Crippen LogP contribution in [-0.4, -0.2) is 24.2 Å². The van der Waals surface area contributed by atoms with Gasteiger partial charge in [-0.1, -0.05) is 19.1 Å². The molecule has 0 aliphatic carbocycles.